The standard InChI is InChI=1S/C21H24N2O4/c1-15-17(7-10-27-15)20(25)23-13-18(21(14-23)8-11-26-12-9-21)19(24)22-16-5-3-2-4-6-16/h2-7,10,18H,8-9,11-14H2,1H3,(H,22,24)/t18-/m1/s1. The van der Waals surface area contributed by atoms with Gasteiger partial charge < -0.3 is 19.4 Å². The molecule has 0 bridgehead atoms. The monoisotopic (exact) mass is 368 g/mol. The molecule has 0 unspecified atom stereocenters. The summed E-state index contributed by atoms with van der Waals surface area (Å²) in [6, 6.07) is 11.2. The van der Waals surface area contributed by atoms with Crippen molar-refractivity contribution >= 4 is 17.5 Å². The summed E-state index contributed by atoms with van der Waals surface area (Å²) < 4.78 is 10.8. The van der Waals surface area contributed by atoms with Gasteiger partial charge in [0.15, 0.2) is 0 Å². The van der Waals surface area contributed by atoms with Crippen LogP contribution in [0.25, 0.3) is 0 Å². The summed E-state index contributed by atoms with van der Waals surface area (Å²) in [4.78, 5) is 27.9. The van der Waals surface area contributed by atoms with Crippen LogP contribution >= 0.6 is 0 Å². The summed E-state index contributed by atoms with van der Waals surface area (Å²) in [6.07, 6.45) is 3.10. The average molecular weight is 368 g/mol. The first-order valence-corrected chi connectivity index (χ1v) is 9.36. The maximum absolute atomic E-state index is 13.1. The van der Waals surface area contributed by atoms with Gasteiger partial charge in [-0.1, -0.05) is 18.2 Å². The molecule has 27 heavy (non-hydrogen) atoms. The molecule has 1 N–H and O–H groups in total. The number of aryl methyl sites for hydroxylation is 1. The van der Waals surface area contributed by atoms with Crippen molar-refractivity contribution in [2.75, 3.05) is 31.6 Å². The first-order valence-electron chi connectivity index (χ1n) is 9.36. The zero-order valence-electron chi connectivity index (χ0n) is 15.4. The van der Waals surface area contributed by atoms with E-state index in [2.05, 4.69) is 5.32 Å². The van der Waals surface area contributed by atoms with Crippen molar-refractivity contribution in [2.45, 2.75) is 19.8 Å². The summed E-state index contributed by atoms with van der Waals surface area (Å²) >= 11 is 0. The molecule has 2 amide bonds. The molecule has 0 aliphatic carbocycles. The third-order valence-corrected chi connectivity index (χ3v) is 5.87. The Balaban J connectivity index is 1.57. The number of amides is 2. The van der Waals surface area contributed by atoms with E-state index >= 15 is 0 Å². The van der Waals surface area contributed by atoms with Gasteiger partial charge in [0.25, 0.3) is 5.91 Å². The number of hydrogen-bond acceptors (Lipinski definition) is 4. The first-order chi connectivity index (χ1) is 13.1. The highest BCUT2D eigenvalue weighted by Crippen LogP contribution is 2.45. The van der Waals surface area contributed by atoms with Crippen LogP contribution in [0.2, 0.25) is 0 Å². The van der Waals surface area contributed by atoms with E-state index in [1.807, 2.05) is 30.3 Å². The van der Waals surface area contributed by atoms with E-state index < -0.39 is 0 Å². The van der Waals surface area contributed by atoms with E-state index in [0.29, 0.717) is 37.6 Å². The molecule has 4 rings (SSSR count). The summed E-state index contributed by atoms with van der Waals surface area (Å²) in [7, 11) is 0. The van der Waals surface area contributed by atoms with E-state index in [0.717, 1.165) is 18.5 Å². The lowest BCUT2D eigenvalue weighted by molar-refractivity contribution is -0.124. The van der Waals surface area contributed by atoms with Gasteiger partial charge in [-0.3, -0.25) is 9.59 Å². The number of rotatable bonds is 3. The average Bonchev–Trinajstić information content (AvgIpc) is 3.27. The molecular formula is C21H24N2O4. The van der Waals surface area contributed by atoms with Gasteiger partial charge in [0.1, 0.15) is 5.76 Å². The molecule has 1 spiro atoms. The Labute approximate surface area is 158 Å². The fourth-order valence-electron chi connectivity index (χ4n) is 4.30. The van der Waals surface area contributed by atoms with Gasteiger partial charge in [0.2, 0.25) is 5.91 Å². The molecule has 1 aromatic heterocycles. The second-order valence-corrected chi connectivity index (χ2v) is 7.46. The minimum atomic E-state index is -0.252. The number of nitrogens with zero attached hydrogens (tertiary/aromatic N) is 1. The first kappa shape index (κ1) is 17.8. The number of carbonyl (C=O) groups is 2. The number of furan rings is 1. The predicted octanol–water partition coefficient (Wildman–Crippen LogP) is 3.10. The van der Waals surface area contributed by atoms with Crippen LogP contribution in [0.15, 0.2) is 47.1 Å². The van der Waals surface area contributed by atoms with Gasteiger partial charge in [-0.15, -0.1) is 0 Å². The van der Waals surface area contributed by atoms with Crippen molar-refractivity contribution in [3.63, 3.8) is 0 Å². The third-order valence-electron chi connectivity index (χ3n) is 5.87. The van der Waals surface area contributed by atoms with Crippen LogP contribution in [0, 0.1) is 18.3 Å². The van der Waals surface area contributed by atoms with Crippen molar-refractivity contribution in [1.29, 1.82) is 0 Å². The Morgan fingerprint density at radius 2 is 1.89 bits per heavy atom. The van der Waals surface area contributed by atoms with E-state index in [1.54, 1.807) is 17.9 Å². The minimum Gasteiger partial charge on any atom is -0.469 e. The van der Waals surface area contributed by atoms with Gasteiger partial charge in [0, 0.05) is 37.4 Å². The molecule has 2 saturated heterocycles. The minimum absolute atomic E-state index is 0.0256. The maximum Gasteiger partial charge on any atom is 0.257 e. The van der Waals surface area contributed by atoms with E-state index in [-0.39, 0.29) is 23.1 Å². The number of carbonyl (C=O) groups excluding carboxylic acids is 2. The molecule has 1 atom stereocenters. The number of ether oxygens (including phenoxy) is 1. The van der Waals surface area contributed by atoms with Crippen LogP contribution in [0.4, 0.5) is 5.69 Å². The molecule has 0 radical (unpaired) electrons. The Morgan fingerprint density at radius 3 is 2.56 bits per heavy atom. The molecule has 0 saturated carbocycles. The zero-order chi connectivity index (χ0) is 18.9. The van der Waals surface area contributed by atoms with Gasteiger partial charge >= 0.3 is 0 Å². The molecule has 1 aromatic carbocycles. The molecule has 2 fully saturated rings. The highest BCUT2D eigenvalue weighted by atomic mass is 16.5. The Morgan fingerprint density at radius 1 is 1.15 bits per heavy atom. The van der Waals surface area contributed by atoms with E-state index in [9.17, 15) is 9.59 Å². The van der Waals surface area contributed by atoms with Crippen molar-refractivity contribution < 1.29 is 18.7 Å². The van der Waals surface area contributed by atoms with Crippen LogP contribution < -0.4 is 5.32 Å². The topological polar surface area (TPSA) is 71.8 Å². The van der Waals surface area contributed by atoms with Crippen LogP contribution in [0.1, 0.15) is 29.0 Å². The van der Waals surface area contributed by atoms with Crippen LogP contribution in [0.3, 0.4) is 0 Å². The van der Waals surface area contributed by atoms with Crippen molar-refractivity contribution in [3.8, 4) is 0 Å². The smallest absolute Gasteiger partial charge is 0.257 e. The Hall–Kier alpha value is -2.60. The largest absolute Gasteiger partial charge is 0.469 e. The van der Waals surface area contributed by atoms with Crippen LogP contribution in [0.5, 0.6) is 0 Å². The van der Waals surface area contributed by atoms with Gasteiger partial charge in [0.05, 0.1) is 17.7 Å². The molecule has 2 aromatic rings. The number of nitrogens with one attached hydrogen (secondary N) is 1. The van der Waals surface area contributed by atoms with E-state index in [1.165, 1.54) is 6.26 Å². The number of likely N-dealkylation sites (tertiary alicyclic amines) is 1. The molecular weight excluding hydrogens is 344 g/mol. The molecule has 6 nitrogen and oxygen atoms in total. The molecule has 6 heteroatoms. The Kier molecular flexibility index (Phi) is 4.74. The Bertz CT molecular complexity index is 824. The van der Waals surface area contributed by atoms with Crippen molar-refractivity contribution in [1.82, 2.24) is 4.90 Å². The third kappa shape index (κ3) is 3.37. The fourth-order valence-corrected chi connectivity index (χ4v) is 4.30. The van der Waals surface area contributed by atoms with E-state index in [4.69, 9.17) is 9.15 Å². The van der Waals surface area contributed by atoms with Crippen LogP contribution in [-0.4, -0.2) is 43.0 Å². The second-order valence-electron chi connectivity index (χ2n) is 7.46. The maximum atomic E-state index is 13.1. The highest BCUT2D eigenvalue weighted by molar-refractivity contribution is 5.97. The van der Waals surface area contributed by atoms with Gasteiger partial charge in [-0.05, 0) is 38.0 Å². The number of anilines is 1. The lowest BCUT2D eigenvalue weighted by Gasteiger charge is -2.37. The lowest BCUT2D eigenvalue weighted by atomic mass is 9.71. The molecule has 2 aliphatic heterocycles. The number of benzene rings is 1. The number of para-hydroxylation sites is 1. The highest BCUT2D eigenvalue weighted by Gasteiger charge is 2.52. The van der Waals surface area contributed by atoms with Crippen LogP contribution in [-0.2, 0) is 9.53 Å². The fraction of sp³-hybridized carbons (Fsp3) is 0.429. The predicted molar refractivity (Wildman–Crippen MR) is 100 cm³/mol. The molecule has 142 valence electrons. The zero-order valence-corrected chi connectivity index (χ0v) is 15.4. The molecule has 3 heterocycles. The lowest BCUT2D eigenvalue weighted by Crippen LogP contribution is -2.42. The van der Waals surface area contributed by atoms with Crippen molar-refractivity contribution in [3.05, 3.63) is 54.0 Å². The summed E-state index contributed by atoms with van der Waals surface area (Å²) in [6.45, 7) is 4.03. The summed E-state index contributed by atoms with van der Waals surface area (Å²) in [5, 5.41) is 3.02. The number of hydrogen-bond donors (Lipinski definition) is 1. The summed E-state index contributed by atoms with van der Waals surface area (Å²) in [5.41, 5.74) is 1.12. The molecule has 2 aliphatic rings. The summed E-state index contributed by atoms with van der Waals surface area (Å²) in [5.74, 6) is 0.264. The quantitative estimate of drug-likeness (QED) is 0.904. The SMILES string of the molecule is Cc1occc1C(=O)N1C[C@H](C(=O)Nc2ccccc2)C2(CCOCC2)C1. The van der Waals surface area contributed by atoms with Crippen molar-refractivity contribution in [2.24, 2.45) is 11.3 Å². The second kappa shape index (κ2) is 7.19. The van der Waals surface area contributed by atoms with Gasteiger partial charge in [-0.25, -0.2) is 0 Å². The van der Waals surface area contributed by atoms with Gasteiger partial charge in [-0.2, -0.15) is 0 Å². The normalized spacial score (nSPS) is 21.4.